The summed E-state index contributed by atoms with van der Waals surface area (Å²) in [6.45, 7) is 8.51. The van der Waals surface area contributed by atoms with Crippen LogP contribution >= 0.6 is 0 Å². The average Bonchev–Trinajstić information content (AvgIpc) is 2.44. The van der Waals surface area contributed by atoms with Crippen molar-refractivity contribution in [2.75, 3.05) is 6.54 Å². The molecule has 0 saturated heterocycles. The van der Waals surface area contributed by atoms with Gasteiger partial charge in [-0.2, -0.15) is 5.10 Å². The Labute approximate surface area is 85.7 Å². The Balaban J connectivity index is 2.16. The van der Waals surface area contributed by atoms with E-state index in [0.717, 1.165) is 18.9 Å². The van der Waals surface area contributed by atoms with Gasteiger partial charge in [0.15, 0.2) is 5.82 Å². The maximum atomic E-state index is 4.19. The van der Waals surface area contributed by atoms with Crippen LogP contribution in [0.15, 0.2) is 6.33 Å². The molecule has 14 heavy (non-hydrogen) atoms. The van der Waals surface area contributed by atoms with Crippen LogP contribution in [0.2, 0.25) is 0 Å². The van der Waals surface area contributed by atoms with E-state index in [9.17, 15) is 0 Å². The topological polar surface area (TPSA) is 42.7 Å². The predicted octanol–water partition coefficient (Wildman–Crippen LogP) is 1.34. The highest BCUT2D eigenvalue weighted by molar-refractivity contribution is 4.80. The minimum Gasteiger partial charge on any atom is -0.310 e. The Morgan fingerprint density at radius 2 is 2.14 bits per heavy atom. The fourth-order valence-corrected chi connectivity index (χ4v) is 1.13. The van der Waals surface area contributed by atoms with Gasteiger partial charge in [-0.1, -0.05) is 20.8 Å². The third-order valence-corrected chi connectivity index (χ3v) is 1.98. The van der Waals surface area contributed by atoms with Gasteiger partial charge in [0.1, 0.15) is 6.33 Å². The van der Waals surface area contributed by atoms with Gasteiger partial charge in [0.05, 0.1) is 6.54 Å². The van der Waals surface area contributed by atoms with Crippen LogP contribution in [0, 0.1) is 5.41 Å². The molecule has 0 aliphatic rings. The zero-order chi connectivity index (χ0) is 10.6. The summed E-state index contributed by atoms with van der Waals surface area (Å²) in [7, 11) is 1.88. The van der Waals surface area contributed by atoms with Gasteiger partial charge in [-0.05, 0) is 18.4 Å². The first-order chi connectivity index (χ1) is 6.47. The van der Waals surface area contributed by atoms with Crippen molar-refractivity contribution in [2.45, 2.75) is 33.7 Å². The smallest absolute Gasteiger partial charge is 0.164 e. The molecule has 0 amide bonds. The van der Waals surface area contributed by atoms with Gasteiger partial charge in [0.25, 0.3) is 0 Å². The van der Waals surface area contributed by atoms with Gasteiger partial charge >= 0.3 is 0 Å². The summed E-state index contributed by atoms with van der Waals surface area (Å²) in [6.07, 6.45) is 2.89. The van der Waals surface area contributed by atoms with Gasteiger partial charge in [0, 0.05) is 7.05 Å². The zero-order valence-electron chi connectivity index (χ0n) is 9.54. The van der Waals surface area contributed by atoms with Crippen molar-refractivity contribution in [2.24, 2.45) is 12.5 Å². The Bertz CT molecular complexity index is 272. The van der Waals surface area contributed by atoms with E-state index < -0.39 is 0 Å². The van der Waals surface area contributed by atoms with E-state index in [4.69, 9.17) is 0 Å². The molecule has 0 aliphatic carbocycles. The Morgan fingerprint density at radius 3 is 2.64 bits per heavy atom. The first-order valence-corrected chi connectivity index (χ1v) is 5.03. The second kappa shape index (κ2) is 4.55. The number of hydrogen-bond acceptors (Lipinski definition) is 3. The third-order valence-electron chi connectivity index (χ3n) is 1.98. The summed E-state index contributed by atoms with van der Waals surface area (Å²) >= 11 is 0. The summed E-state index contributed by atoms with van der Waals surface area (Å²) in [5.41, 5.74) is 0.393. The number of aromatic nitrogens is 3. The molecule has 0 bridgehead atoms. The van der Waals surface area contributed by atoms with Crippen molar-refractivity contribution in [1.29, 1.82) is 0 Å². The summed E-state index contributed by atoms with van der Waals surface area (Å²) < 4.78 is 1.72. The lowest BCUT2D eigenvalue weighted by molar-refractivity contribution is 0.365. The standard InChI is InChI=1S/C10H20N4/c1-10(2,3)5-6-11-7-9-12-8-14(4)13-9/h8,11H,5-7H2,1-4H3. The predicted molar refractivity (Wildman–Crippen MR) is 56.8 cm³/mol. The highest BCUT2D eigenvalue weighted by atomic mass is 15.3. The largest absolute Gasteiger partial charge is 0.310 e. The Kier molecular flexibility index (Phi) is 3.63. The van der Waals surface area contributed by atoms with E-state index in [1.807, 2.05) is 7.05 Å². The number of aryl methyl sites for hydroxylation is 1. The average molecular weight is 196 g/mol. The molecule has 1 aromatic heterocycles. The van der Waals surface area contributed by atoms with Crippen LogP contribution in [0.25, 0.3) is 0 Å². The maximum absolute atomic E-state index is 4.19. The highest BCUT2D eigenvalue weighted by Gasteiger charge is 2.08. The number of nitrogens with zero attached hydrogens (tertiary/aromatic N) is 3. The van der Waals surface area contributed by atoms with Crippen LogP contribution < -0.4 is 5.32 Å². The third kappa shape index (κ3) is 4.37. The molecule has 1 N–H and O–H groups in total. The van der Waals surface area contributed by atoms with Gasteiger partial charge in [-0.15, -0.1) is 0 Å². The Hall–Kier alpha value is -0.900. The van der Waals surface area contributed by atoms with Crippen molar-refractivity contribution in [3.63, 3.8) is 0 Å². The van der Waals surface area contributed by atoms with Gasteiger partial charge in [-0.3, -0.25) is 4.68 Å². The lowest BCUT2D eigenvalue weighted by atomic mass is 9.92. The molecule has 0 unspecified atom stereocenters. The molecular weight excluding hydrogens is 176 g/mol. The second-order valence-electron chi connectivity index (χ2n) is 4.82. The van der Waals surface area contributed by atoms with E-state index in [2.05, 4.69) is 36.2 Å². The minimum atomic E-state index is 0.393. The quantitative estimate of drug-likeness (QED) is 0.739. The molecule has 4 heteroatoms. The molecule has 0 aliphatic heterocycles. The molecule has 0 saturated carbocycles. The van der Waals surface area contributed by atoms with Crippen LogP contribution in [0.1, 0.15) is 33.0 Å². The summed E-state index contributed by atoms with van der Waals surface area (Å²) in [5, 5.41) is 7.52. The Morgan fingerprint density at radius 1 is 1.43 bits per heavy atom. The molecule has 1 heterocycles. The highest BCUT2D eigenvalue weighted by Crippen LogP contribution is 2.16. The fourth-order valence-electron chi connectivity index (χ4n) is 1.13. The molecule has 0 fully saturated rings. The molecule has 4 nitrogen and oxygen atoms in total. The van der Waals surface area contributed by atoms with Crippen LogP contribution in [0.3, 0.4) is 0 Å². The number of hydrogen-bond donors (Lipinski definition) is 1. The van der Waals surface area contributed by atoms with Crippen LogP contribution in [-0.4, -0.2) is 21.3 Å². The van der Waals surface area contributed by atoms with Crippen molar-refractivity contribution in [3.8, 4) is 0 Å². The number of rotatable bonds is 4. The monoisotopic (exact) mass is 196 g/mol. The van der Waals surface area contributed by atoms with E-state index in [0.29, 0.717) is 5.41 Å². The van der Waals surface area contributed by atoms with E-state index in [1.54, 1.807) is 11.0 Å². The summed E-state index contributed by atoms with van der Waals surface area (Å²) in [6, 6.07) is 0. The van der Waals surface area contributed by atoms with Gasteiger partial charge < -0.3 is 5.32 Å². The molecule has 1 rings (SSSR count). The normalized spacial score (nSPS) is 12.0. The second-order valence-corrected chi connectivity index (χ2v) is 4.82. The van der Waals surface area contributed by atoms with Crippen molar-refractivity contribution in [1.82, 2.24) is 20.1 Å². The maximum Gasteiger partial charge on any atom is 0.164 e. The summed E-state index contributed by atoms with van der Waals surface area (Å²) in [4.78, 5) is 4.14. The van der Waals surface area contributed by atoms with Crippen molar-refractivity contribution >= 4 is 0 Å². The minimum absolute atomic E-state index is 0.393. The van der Waals surface area contributed by atoms with Crippen molar-refractivity contribution < 1.29 is 0 Å². The van der Waals surface area contributed by atoms with Gasteiger partial charge in [0.2, 0.25) is 0 Å². The lowest BCUT2D eigenvalue weighted by Gasteiger charge is -2.17. The molecular formula is C10H20N4. The SMILES string of the molecule is Cn1cnc(CNCCC(C)(C)C)n1. The first-order valence-electron chi connectivity index (χ1n) is 5.03. The van der Waals surface area contributed by atoms with E-state index in [1.165, 1.54) is 6.42 Å². The zero-order valence-corrected chi connectivity index (χ0v) is 9.54. The summed E-state index contributed by atoms with van der Waals surface area (Å²) in [5.74, 6) is 0.862. The molecule has 0 atom stereocenters. The molecule has 80 valence electrons. The number of nitrogens with one attached hydrogen (secondary N) is 1. The fraction of sp³-hybridized carbons (Fsp3) is 0.800. The molecule has 0 spiro atoms. The van der Waals surface area contributed by atoms with Gasteiger partial charge in [-0.25, -0.2) is 4.98 Å². The van der Waals surface area contributed by atoms with Crippen LogP contribution in [-0.2, 0) is 13.6 Å². The first kappa shape index (κ1) is 11.2. The molecule has 0 aromatic carbocycles. The molecule has 0 radical (unpaired) electrons. The van der Waals surface area contributed by atoms with E-state index >= 15 is 0 Å². The van der Waals surface area contributed by atoms with Crippen LogP contribution in [0.5, 0.6) is 0 Å². The van der Waals surface area contributed by atoms with Crippen LogP contribution in [0.4, 0.5) is 0 Å². The van der Waals surface area contributed by atoms with E-state index in [-0.39, 0.29) is 0 Å². The lowest BCUT2D eigenvalue weighted by Crippen LogP contribution is -2.20. The van der Waals surface area contributed by atoms with Crippen molar-refractivity contribution in [3.05, 3.63) is 12.2 Å². The molecule has 1 aromatic rings.